The fraction of sp³-hybridized carbons (Fsp3) is 0.167. The van der Waals surface area contributed by atoms with Crippen LogP contribution in [0.15, 0.2) is 53.7 Å². The molecular formula is C18H16ClNO4S. The first kappa shape index (κ1) is 17.5. The molecule has 25 heavy (non-hydrogen) atoms. The van der Waals surface area contributed by atoms with Crippen molar-refractivity contribution in [3.05, 3.63) is 70.4 Å². The highest BCUT2D eigenvalue weighted by Gasteiger charge is 2.26. The molecule has 0 saturated heterocycles. The molecule has 130 valence electrons. The van der Waals surface area contributed by atoms with Crippen molar-refractivity contribution in [1.29, 1.82) is 0 Å². The lowest BCUT2D eigenvalue weighted by atomic mass is 10.1. The van der Waals surface area contributed by atoms with Gasteiger partial charge < -0.3 is 9.51 Å². The van der Waals surface area contributed by atoms with Crippen molar-refractivity contribution in [3.63, 3.8) is 0 Å². The molecular weight excluding hydrogens is 362 g/mol. The number of hydrogen-bond acceptors (Lipinski definition) is 3. The van der Waals surface area contributed by atoms with E-state index in [0.717, 1.165) is 0 Å². The van der Waals surface area contributed by atoms with Gasteiger partial charge in [0.1, 0.15) is 5.03 Å². The number of carboxylic acid groups (broad SMARTS) is 1. The number of carboxylic acids is 1. The molecule has 3 rings (SSSR count). The minimum absolute atomic E-state index is 0.134. The van der Waals surface area contributed by atoms with E-state index in [-0.39, 0.29) is 17.2 Å². The molecule has 5 nitrogen and oxygen atoms in total. The van der Waals surface area contributed by atoms with Crippen LogP contribution in [0.4, 0.5) is 0 Å². The maximum atomic E-state index is 13.0. The molecule has 0 aliphatic carbocycles. The molecule has 0 bridgehead atoms. The molecule has 1 aromatic carbocycles. The topological polar surface area (TPSA) is 75.8 Å². The summed E-state index contributed by atoms with van der Waals surface area (Å²) in [5, 5.41) is 9.82. The molecule has 0 radical (unpaired) electrons. The van der Waals surface area contributed by atoms with Crippen molar-refractivity contribution in [1.82, 2.24) is 4.40 Å². The van der Waals surface area contributed by atoms with Crippen molar-refractivity contribution in [2.75, 3.05) is 0 Å². The monoisotopic (exact) mass is 377 g/mol. The molecule has 0 aliphatic heterocycles. The molecule has 2 aromatic heterocycles. The van der Waals surface area contributed by atoms with Gasteiger partial charge in [-0.1, -0.05) is 29.8 Å². The molecule has 0 fully saturated rings. The average Bonchev–Trinajstić information content (AvgIpc) is 2.82. The van der Waals surface area contributed by atoms with Crippen LogP contribution in [0.3, 0.4) is 0 Å². The zero-order valence-electron chi connectivity index (χ0n) is 13.4. The second-order valence-corrected chi connectivity index (χ2v) is 8.16. The lowest BCUT2D eigenvalue weighted by Crippen LogP contribution is -2.09. The SMILES string of the molecule is Cc1c(CC(=O)O)c2ccccn2c1S(=O)(=O)Cc1ccc(Cl)cc1. The number of aliphatic carboxylic acids is 1. The van der Waals surface area contributed by atoms with E-state index in [2.05, 4.69) is 0 Å². The zero-order valence-corrected chi connectivity index (χ0v) is 15.0. The van der Waals surface area contributed by atoms with Gasteiger partial charge in [0.05, 0.1) is 17.7 Å². The molecule has 0 spiro atoms. The smallest absolute Gasteiger partial charge is 0.307 e. The highest BCUT2D eigenvalue weighted by molar-refractivity contribution is 7.90. The van der Waals surface area contributed by atoms with E-state index in [9.17, 15) is 13.2 Å². The lowest BCUT2D eigenvalue weighted by Gasteiger charge is -2.07. The van der Waals surface area contributed by atoms with E-state index in [4.69, 9.17) is 16.7 Å². The number of carbonyl (C=O) groups is 1. The van der Waals surface area contributed by atoms with E-state index in [0.29, 0.717) is 27.2 Å². The number of fused-ring (bicyclic) bond motifs is 1. The molecule has 0 saturated carbocycles. The van der Waals surface area contributed by atoms with E-state index < -0.39 is 15.8 Å². The molecule has 2 heterocycles. The first-order chi connectivity index (χ1) is 11.8. The highest BCUT2D eigenvalue weighted by Crippen LogP contribution is 2.29. The van der Waals surface area contributed by atoms with Crippen LogP contribution in [0.5, 0.6) is 0 Å². The van der Waals surface area contributed by atoms with Gasteiger partial charge >= 0.3 is 5.97 Å². The molecule has 7 heteroatoms. The van der Waals surface area contributed by atoms with Gasteiger partial charge in [0, 0.05) is 11.2 Å². The molecule has 3 aromatic rings. The Morgan fingerprint density at radius 2 is 1.84 bits per heavy atom. The van der Waals surface area contributed by atoms with Crippen LogP contribution in [-0.4, -0.2) is 23.9 Å². The van der Waals surface area contributed by atoms with Gasteiger partial charge in [0.2, 0.25) is 0 Å². The normalized spacial score (nSPS) is 11.8. The summed E-state index contributed by atoms with van der Waals surface area (Å²) in [5.74, 6) is -1.18. The van der Waals surface area contributed by atoms with Crippen molar-refractivity contribution in [2.45, 2.75) is 24.1 Å². The van der Waals surface area contributed by atoms with Gasteiger partial charge in [-0.15, -0.1) is 0 Å². The molecule has 1 N–H and O–H groups in total. The summed E-state index contributed by atoms with van der Waals surface area (Å²) in [7, 11) is -3.67. The first-order valence-electron chi connectivity index (χ1n) is 7.57. The van der Waals surface area contributed by atoms with Gasteiger partial charge in [0.15, 0.2) is 9.84 Å². The Balaban J connectivity index is 2.15. The number of hydrogen-bond donors (Lipinski definition) is 1. The summed E-state index contributed by atoms with van der Waals surface area (Å²) in [6.45, 7) is 1.65. The van der Waals surface area contributed by atoms with Gasteiger partial charge in [-0.2, -0.15) is 0 Å². The molecule has 0 aliphatic rings. The largest absolute Gasteiger partial charge is 0.481 e. The summed E-state index contributed by atoms with van der Waals surface area (Å²) in [5.41, 5.74) is 2.21. The highest BCUT2D eigenvalue weighted by atomic mass is 35.5. The van der Waals surface area contributed by atoms with E-state index in [1.165, 1.54) is 0 Å². The Hall–Kier alpha value is -2.31. The number of pyridine rings is 1. The van der Waals surface area contributed by atoms with Gasteiger partial charge in [0.25, 0.3) is 0 Å². The predicted octanol–water partition coefficient (Wildman–Crippen LogP) is 3.50. The van der Waals surface area contributed by atoms with E-state index >= 15 is 0 Å². The van der Waals surface area contributed by atoms with E-state index in [1.54, 1.807) is 60.0 Å². The molecule has 0 amide bonds. The van der Waals surface area contributed by atoms with E-state index in [1.807, 2.05) is 0 Å². The number of halogens is 1. The van der Waals surface area contributed by atoms with Crippen LogP contribution in [-0.2, 0) is 26.8 Å². The fourth-order valence-corrected chi connectivity index (χ4v) is 4.94. The third-order valence-electron chi connectivity index (χ3n) is 4.05. The fourth-order valence-electron chi connectivity index (χ4n) is 2.99. The van der Waals surface area contributed by atoms with Crippen molar-refractivity contribution >= 4 is 32.9 Å². The van der Waals surface area contributed by atoms with Crippen LogP contribution < -0.4 is 0 Å². The Labute approximate surface area is 150 Å². The van der Waals surface area contributed by atoms with Gasteiger partial charge in [-0.05, 0) is 47.9 Å². The minimum atomic E-state index is -3.67. The number of rotatable bonds is 5. The van der Waals surface area contributed by atoms with Crippen LogP contribution in [0.25, 0.3) is 5.52 Å². The Morgan fingerprint density at radius 3 is 2.48 bits per heavy atom. The summed E-state index contributed by atoms with van der Waals surface area (Å²) >= 11 is 5.85. The first-order valence-corrected chi connectivity index (χ1v) is 9.60. The van der Waals surface area contributed by atoms with Crippen molar-refractivity contribution in [3.8, 4) is 0 Å². The Kier molecular flexibility index (Phi) is 4.58. The Morgan fingerprint density at radius 1 is 1.16 bits per heavy atom. The number of sulfone groups is 1. The quantitative estimate of drug-likeness (QED) is 0.738. The summed E-state index contributed by atoms with van der Waals surface area (Å²) in [6, 6.07) is 11.8. The third kappa shape index (κ3) is 3.41. The average molecular weight is 378 g/mol. The van der Waals surface area contributed by atoms with Gasteiger partial charge in [-0.25, -0.2) is 8.42 Å². The van der Waals surface area contributed by atoms with Crippen LogP contribution in [0.2, 0.25) is 5.02 Å². The standard InChI is InChI=1S/C18H16ClNO4S/c1-12-15(10-17(21)22)16-4-2-3-9-20(16)18(12)25(23,24)11-13-5-7-14(19)8-6-13/h2-9H,10-11H2,1H3,(H,21,22). The van der Waals surface area contributed by atoms with Gasteiger partial charge in [-0.3, -0.25) is 4.79 Å². The minimum Gasteiger partial charge on any atom is -0.481 e. The number of aromatic nitrogens is 1. The Bertz CT molecular complexity index is 1050. The molecule has 0 unspecified atom stereocenters. The zero-order chi connectivity index (χ0) is 18.2. The lowest BCUT2D eigenvalue weighted by molar-refractivity contribution is -0.136. The summed E-state index contributed by atoms with van der Waals surface area (Å²) in [6.07, 6.45) is 1.41. The number of nitrogens with zero attached hydrogens (tertiary/aromatic N) is 1. The van der Waals surface area contributed by atoms with Crippen LogP contribution >= 0.6 is 11.6 Å². The maximum absolute atomic E-state index is 13.0. The molecule has 0 atom stereocenters. The third-order valence-corrected chi connectivity index (χ3v) is 6.11. The van der Waals surface area contributed by atoms with Crippen molar-refractivity contribution < 1.29 is 18.3 Å². The predicted molar refractivity (Wildman–Crippen MR) is 95.8 cm³/mol. The maximum Gasteiger partial charge on any atom is 0.307 e. The van der Waals surface area contributed by atoms with Crippen LogP contribution in [0, 0.1) is 6.92 Å². The second kappa shape index (κ2) is 6.54. The second-order valence-electron chi connectivity index (χ2n) is 5.82. The number of benzene rings is 1. The van der Waals surface area contributed by atoms with Crippen LogP contribution in [0.1, 0.15) is 16.7 Å². The van der Waals surface area contributed by atoms with Crippen molar-refractivity contribution in [2.24, 2.45) is 0 Å². The summed E-state index contributed by atoms with van der Waals surface area (Å²) in [4.78, 5) is 11.2. The summed E-state index contributed by atoms with van der Waals surface area (Å²) < 4.78 is 27.6.